The number of nitrogens with one attached hydrogen (secondary N) is 1. The molecule has 0 bridgehead atoms. The van der Waals surface area contributed by atoms with Crippen molar-refractivity contribution in [3.8, 4) is 17.2 Å². The van der Waals surface area contributed by atoms with Gasteiger partial charge in [-0.15, -0.1) is 0 Å². The van der Waals surface area contributed by atoms with Gasteiger partial charge in [-0.2, -0.15) is 0 Å². The summed E-state index contributed by atoms with van der Waals surface area (Å²) in [6.45, 7) is 6.81. The second kappa shape index (κ2) is 9.80. The highest BCUT2D eigenvalue weighted by Crippen LogP contribution is 2.67. The zero-order valence-electron chi connectivity index (χ0n) is 23.6. The first-order valence-corrected chi connectivity index (χ1v) is 14.2. The first-order valence-electron chi connectivity index (χ1n) is 14.2. The van der Waals surface area contributed by atoms with E-state index in [2.05, 4.69) is 32.2 Å². The Hall–Kier alpha value is -2.70. The number of amides is 1. The number of aliphatic carboxylic acids is 1. The highest BCUT2D eigenvalue weighted by molar-refractivity contribution is 6.20. The predicted octanol–water partition coefficient (Wildman–Crippen LogP) is 5.56. The van der Waals surface area contributed by atoms with E-state index < -0.39 is 5.97 Å². The number of methoxy groups -OCH3 is 3. The fraction of sp³-hybridized carbons (Fsp3) is 0.677. The highest BCUT2D eigenvalue weighted by Gasteiger charge is 2.63. The molecule has 1 aliphatic heterocycles. The third kappa shape index (κ3) is 3.91. The van der Waals surface area contributed by atoms with Crippen LogP contribution in [0.3, 0.4) is 0 Å². The number of benzene rings is 1. The summed E-state index contributed by atoms with van der Waals surface area (Å²) in [5, 5.41) is 13.5. The fourth-order valence-corrected chi connectivity index (χ4v) is 9.12. The van der Waals surface area contributed by atoms with Gasteiger partial charge in [0.25, 0.3) is 5.91 Å². The van der Waals surface area contributed by atoms with E-state index in [1.165, 1.54) is 0 Å². The van der Waals surface area contributed by atoms with E-state index in [0.29, 0.717) is 46.5 Å². The smallest absolute Gasteiger partial charge is 0.307 e. The van der Waals surface area contributed by atoms with Crippen LogP contribution in [-0.4, -0.2) is 44.4 Å². The topological polar surface area (TPSA) is 94.1 Å². The van der Waals surface area contributed by atoms with Crippen LogP contribution in [-0.2, 0) is 9.59 Å². The quantitative estimate of drug-likeness (QED) is 0.484. The van der Waals surface area contributed by atoms with Crippen LogP contribution >= 0.6 is 0 Å². The Kier molecular flexibility index (Phi) is 6.93. The number of carboxylic acids is 1. The predicted molar refractivity (Wildman–Crippen MR) is 145 cm³/mol. The molecule has 1 amide bonds. The van der Waals surface area contributed by atoms with Crippen molar-refractivity contribution < 1.29 is 28.9 Å². The summed E-state index contributed by atoms with van der Waals surface area (Å²) >= 11 is 0. The van der Waals surface area contributed by atoms with Crippen LogP contribution in [0.2, 0.25) is 0 Å². The molecule has 0 unspecified atom stereocenters. The summed E-state index contributed by atoms with van der Waals surface area (Å²) in [7, 11) is 4.73. The highest BCUT2D eigenvalue weighted by atomic mass is 16.5. The molecule has 2 N–H and O–H groups in total. The molecule has 0 saturated heterocycles. The van der Waals surface area contributed by atoms with Crippen LogP contribution in [0.4, 0.5) is 0 Å². The molecule has 7 heteroatoms. The number of carboxylic acid groups (broad SMARTS) is 1. The monoisotopic (exact) mass is 525 g/mol. The minimum atomic E-state index is -0.630. The maximum atomic E-state index is 13.6. The molecule has 3 saturated carbocycles. The van der Waals surface area contributed by atoms with Crippen molar-refractivity contribution in [1.82, 2.24) is 5.32 Å². The summed E-state index contributed by atoms with van der Waals surface area (Å²) in [4.78, 5) is 25.8. The lowest BCUT2D eigenvalue weighted by Crippen LogP contribution is -2.62. The molecule has 208 valence electrons. The van der Waals surface area contributed by atoms with Gasteiger partial charge in [0, 0.05) is 17.0 Å². The van der Waals surface area contributed by atoms with Gasteiger partial charge >= 0.3 is 5.97 Å². The maximum Gasteiger partial charge on any atom is 0.307 e. The van der Waals surface area contributed by atoms with Crippen molar-refractivity contribution in [3.05, 3.63) is 23.8 Å². The van der Waals surface area contributed by atoms with Crippen LogP contribution in [0, 0.1) is 40.4 Å². The molecule has 1 heterocycles. The van der Waals surface area contributed by atoms with Gasteiger partial charge in [-0.1, -0.05) is 39.7 Å². The van der Waals surface area contributed by atoms with Crippen molar-refractivity contribution in [2.75, 3.05) is 21.3 Å². The first-order chi connectivity index (χ1) is 18.1. The Morgan fingerprint density at radius 1 is 1.05 bits per heavy atom. The Morgan fingerprint density at radius 3 is 2.32 bits per heavy atom. The Morgan fingerprint density at radius 2 is 1.74 bits per heavy atom. The van der Waals surface area contributed by atoms with Crippen LogP contribution < -0.4 is 19.5 Å². The first kappa shape index (κ1) is 26.9. The number of hydrogen-bond donors (Lipinski definition) is 2. The van der Waals surface area contributed by atoms with E-state index in [1.54, 1.807) is 21.3 Å². The van der Waals surface area contributed by atoms with Gasteiger partial charge in [0.05, 0.1) is 27.2 Å². The Bertz CT molecular complexity index is 1120. The maximum absolute atomic E-state index is 13.6. The van der Waals surface area contributed by atoms with Gasteiger partial charge in [-0.3, -0.25) is 9.59 Å². The molecule has 38 heavy (non-hydrogen) atoms. The number of carbonyl (C=O) groups is 2. The third-order valence-corrected chi connectivity index (χ3v) is 10.9. The fourth-order valence-electron chi connectivity index (χ4n) is 9.12. The Labute approximate surface area is 226 Å². The molecule has 3 fully saturated rings. The van der Waals surface area contributed by atoms with Crippen molar-refractivity contribution in [2.24, 2.45) is 40.4 Å². The summed E-state index contributed by atoms with van der Waals surface area (Å²) in [5.74, 6) is 2.35. The van der Waals surface area contributed by atoms with Gasteiger partial charge in [-0.05, 0) is 78.9 Å². The molecule has 1 aromatic carbocycles. The van der Waals surface area contributed by atoms with Crippen LogP contribution in [0.5, 0.6) is 17.2 Å². The number of fused-ring (bicyclic) bond motifs is 5. The molecule has 7 nitrogen and oxygen atoms in total. The molecule has 0 aromatic heterocycles. The summed E-state index contributed by atoms with van der Waals surface area (Å²) in [6.07, 6.45) is 9.08. The lowest BCUT2D eigenvalue weighted by molar-refractivity contribution is -0.152. The molecule has 5 rings (SSSR count). The SMILES string of the molecule is CCC[C@H]1C[C@H]2NC(=O)C(c3cc(OC)c(OC)c(OC)c3)=C[C@]2(C)[C@H]2CC[C@]3(C)[C@@H](C(=O)O)CC[C@H]3[C@H]12. The van der Waals surface area contributed by atoms with Gasteiger partial charge in [0.15, 0.2) is 11.5 Å². The number of hydrogen-bond acceptors (Lipinski definition) is 5. The average Bonchev–Trinajstić information content (AvgIpc) is 3.26. The van der Waals surface area contributed by atoms with E-state index in [1.807, 2.05) is 12.1 Å². The molecule has 3 aliphatic carbocycles. The molecular formula is C31H43NO6. The lowest BCUT2D eigenvalue weighted by atomic mass is 9.45. The largest absolute Gasteiger partial charge is 0.493 e. The molecule has 1 aromatic rings. The van der Waals surface area contributed by atoms with E-state index in [9.17, 15) is 14.7 Å². The van der Waals surface area contributed by atoms with Crippen molar-refractivity contribution in [2.45, 2.75) is 71.8 Å². The number of rotatable bonds is 7. The van der Waals surface area contributed by atoms with E-state index in [-0.39, 0.29) is 28.7 Å². The van der Waals surface area contributed by atoms with Crippen LogP contribution in [0.25, 0.3) is 5.57 Å². The van der Waals surface area contributed by atoms with Crippen LogP contribution in [0.15, 0.2) is 18.2 Å². The molecule has 0 radical (unpaired) electrons. The zero-order chi connectivity index (χ0) is 27.4. The Balaban J connectivity index is 1.59. The average molecular weight is 526 g/mol. The lowest BCUT2D eigenvalue weighted by Gasteiger charge is -2.61. The normalized spacial score (nSPS) is 37.7. The van der Waals surface area contributed by atoms with Gasteiger partial charge in [0.1, 0.15) is 0 Å². The third-order valence-electron chi connectivity index (χ3n) is 10.9. The second-order valence-corrected chi connectivity index (χ2v) is 12.5. The van der Waals surface area contributed by atoms with Crippen molar-refractivity contribution in [3.63, 3.8) is 0 Å². The van der Waals surface area contributed by atoms with Crippen LogP contribution in [0.1, 0.15) is 71.3 Å². The van der Waals surface area contributed by atoms with E-state index in [4.69, 9.17) is 14.2 Å². The summed E-state index contributed by atoms with van der Waals surface area (Å²) in [5.41, 5.74) is 1.01. The molecule has 8 atom stereocenters. The van der Waals surface area contributed by atoms with Gasteiger partial charge in [0.2, 0.25) is 5.75 Å². The number of carbonyl (C=O) groups excluding carboxylic acids is 1. The minimum Gasteiger partial charge on any atom is -0.493 e. The zero-order valence-corrected chi connectivity index (χ0v) is 23.6. The van der Waals surface area contributed by atoms with Gasteiger partial charge in [-0.25, -0.2) is 0 Å². The minimum absolute atomic E-state index is 0.0668. The van der Waals surface area contributed by atoms with E-state index in [0.717, 1.165) is 50.5 Å². The molecular weight excluding hydrogens is 482 g/mol. The van der Waals surface area contributed by atoms with E-state index >= 15 is 0 Å². The number of ether oxygens (including phenoxy) is 3. The van der Waals surface area contributed by atoms with Gasteiger partial charge < -0.3 is 24.6 Å². The standard InChI is InChI=1S/C31H43NO6/c1-7-8-17-15-25-31(3,21-11-12-30(2)20(26(17)21)9-10-22(30)29(34)35)16-19(28(33)32-25)18-13-23(36-4)27(38-6)24(14-18)37-5/h13-14,16-17,20-22,25-26H,7-12,15H2,1-6H3,(H,32,33)(H,34,35)/t17-,20-,21-,22+,25+,26-,30-,31+/m0/s1. The van der Waals surface area contributed by atoms with Crippen molar-refractivity contribution >= 4 is 17.4 Å². The second-order valence-electron chi connectivity index (χ2n) is 12.5. The summed E-state index contributed by atoms with van der Waals surface area (Å²) in [6, 6.07) is 3.77. The van der Waals surface area contributed by atoms with Crippen molar-refractivity contribution in [1.29, 1.82) is 0 Å². The summed E-state index contributed by atoms with van der Waals surface area (Å²) < 4.78 is 16.7. The molecule has 0 spiro atoms. The molecule has 4 aliphatic rings.